The molecular formula is C42H62O9. The summed E-state index contributed by atoms with van der Waals surface area (Å²) < 4.78 is 54.5. The van der Waals surface area contributed by atoms with Crippen LogP contribution in [0.3, 0.4) is 0 Å². The summed E-state index contributed by atoms with van der Waals surface area (Å²) in [5.74, 6) is 0.887. The lowest BCUT2D eigenvalue weighted by Gasteiger charge is -2.47. The fourth-order valence-electron chi connectivity index (χ4n) is 11.5. The van der Waals surface area contributed by atoms with Gasteiger partial charge < -0.3 is 37.9 Å². The summed E-state index contributed by atoms with van der Waals surface area (Å²) in [6, 6.07) is 0. The van der Waals surface area contributed by atoms with Crippen LogP contribution in [0.15, 0.2) is 24.3 Å². The van der Waals surface area contributed by atoms with Crippen molar-refractivity contribution in [2.75, 3.05) is 0 Å². The molecule has 10 aliphatic heterocycles. The van der Waals surface area contributed by atoms with Crippen molar-refractivity contribution in [2.45, 2.75) is 209 Å². The first kappa shape index (κ1) is 35.5. The molecule has 284 valence electrons. The van der Waals surface area contributed by atoms with Gasteiger partial charge in [-0.1, -0.05) is 47.3 Å². The van der Waals surface area contributed by atoms with E-state index in [1.807, 2.05) is 0 Å². The lowest BCUT2D eigenvalue weighted by Crippen LogP contribution is -2.61. The fourth-order valence-corrected chi connectivity index (χ4v) is 11.5. The summed E-state index contributed by atoms with van der Waals surface area (Å²) in [6.45, 7) is 18.2. The molecule has 0 saturated carbocycles. The van der Waals surface area contributed by atoms with E-state index in [-0.39, 0.29) is 103 Å². The van der Waals surface area contributed by atoms with Gasteiger partial charge in [0.1, 0.15) is 36.3 Å². The van der Waals surface area contributed by atoms with Crippen molar-refractivity contribution in [1.29, 1.82) is 0 Å². The van der Waals surface area contributed by atoms with Crippen molar-refractivity contribution in [3.8, 4) is 0 Å². The highest BCUT2D eigenvalue weighted by atomic mass is 16.8. The molecule has 0 aromatic carbocycles. The Balaban J connectivity index is 0.986. The second kappa shape index (κ2) is 13.8. The van der Waals surface area contributed by atoms with Gasteiger partial charge in [0.25, 0.3) is 0 Å². The number of hydrogen-bond acceptors (Lipinski definition) is 9. The van der Waals surface area contributed by atoms with Crippen LogP contribution in [-0.4, -0.2) is 97.0 Å². The third-order valence-electron chi connectivity index (χ3n) is 14.7. The maximum atomic E-state index is 14.1. The highest BCUT2D eigenvalue weighted by Crippen LogP contribution is 2.54. The molecule has 1 spiro atoms. The van der Waals surface area contributed by atoms with Crippen LogP contribution >= 0.6 is 0 Å². The molecule has 0 aromatic heterocycles. The van der Waals surface area contributed by atoms with E-state index in [1.165, 1.54) is 5.57 Å². The van der Waals surface area contributed by atoms with Gasteiger partial charge >= 0.3 is 0 Å². The van der Waals surface area contributed by atoms with Crippen LogP contribution in [0.4, 0.5) is 0 Å². The van der Waals surface area contributed by atoms with Gasteiger partial charge in [-0.05, 0) is 86.2 Å². The van der Waals surface area contributed by atoms with Gasteiger partial charge in [0.15, 0.2) is 5.79 Å². The lowest BCUT2D eigenvalue weighted by molar-refractivity contribution is -0.292. The second-order valence-corrected chi connectivity index (χ2v) is 18.2. The van der Waals surface area contributed by atoms with Crippen LogP contribution < -0.4 is 0 Å². The maximum absolute atomic E-state index is 14.1. The van der Waals surface area contributed by atoms with Crippen LogP contribution in [0, 0.1) is 23.7 Å². The number of ether oxygens (including phenoxy) is 8. The minimum Gasteiger partial charge on any atom is -0.374 e. The standard InChI is InChI=1S/C42H62O9/c1-7-21(2)14-33-25(6)30-18-26(43)17-28-9-11-32-37(46-28)41-40-39(48-32)38-36(49-40)20-42(50-38,51-41)13-12-29-16-23(4)31(44-29)10-8-27-15-22(3)24(5)34(45-27)19-35(30)47-33/h21-22,25,27-41H,4-5,7-20H2,1-3,6H3/t21-,22-,25-,27+,28?,29+,30-,31?,32+,33-,34?,35+,36-,37+,38+,39+,40-,41+,42+/m1/s1. The van der Waals surface area contributed by atoms with Crippen molar-refractivity contribution in [2.24, 2.45) is 23.7 Å². The SMILES string of the molecule is C=C1C[C@@H]2CC[C@@]34C[C@H]5O[C@H]6[C@@H](O3)[C@H]3OC(CC[C@@H]3O[C@H]6[C@H]5O4)CC(=O)C[C@@H]3[C@@H](C)[C@@H](C[C@H](C)CC)O[C@H]3CC3O[C@@H](CCC1O2)C[C@@H](C)C3=C. The summed E-state index contributed by atoms with van der Waals surface area (Å²) in [7, 11) is 0. The van der Waals surface area contributed by atoms with Crippen LogP contribution in [0.25, 0.3) is 0 Å². The minimum atomic E-state index is -0.740. The van der Waals surface area contributed by atoms with E-state index in [4.69, 9.17) is 37.9 Å². The Kier molecular flexibility index (Phi) is 9.64. The van der Waals surface area contributed by atoms with Gasteiger partial charge in [-0.3, -0.25) is 4.79 Å². The Morgan fingerprint density at radius 1 is 0.725 bits per heavy atom. The molecule has 0 aromatic rings. The zero-order chi connectivity index (χ0) is 35.2. The number of hydrogen-bond donors (Lipinski definition) is 0. The van der Waals surface area contributed by atoms with Crippen molar-refractivity contribution in [3.63, 3.8) is 0 Å². The molecule has 12 bridgehead atoms. The van der Waals surface area contributed by atoms with E-state index in [1.54, 1.807) is 0 Å². The molecule has 51 heavy (non-hydrogen) atoms. The molecule has 9 heteroatoms. The summed E-state index contributed by atoms with van der Waals surface area (Å²) in [5.41, 5.74) is 2.35. The predicted octanol–water partition coefficient (Wildman–Crippen LogP) is 6.79. The second-order valence-electron chi connectivity index (χ2n) is 18.2. The highest BCUT2D eigenvalue weighted by Gasteiger charge is 2.68. The predicted molar refractivity (Wildman–Crippen MR) is 189 cm³/mol. The topological polar surface area (TPSA) is 90.9 Å². The molecule has 10 aliphatic rings. The molecule has 3 unspecified atom stereocenters. The van der Waals surface area contributed by atoms with Crippen LogP contribution in [0.5, 0.6) is 0 Å². The Morgan fingerprint density at radius 3 is 2.31 bits per heavy atom. The Morgan fingerprint density at radius 2 is 1.47 bits per heavy atom. The molecule has 10 fully saturated rings. The zero-order valence-electron chi connectivity index (χ0n) is 31.4. The monoisotopic (exact) mass is 710 g/mol. The Labute approximate surface area is 304 Å². The quantitative estimate of drug-likeness (QED) is 0.294. The molecule has 10 saturated heterocycles. The van der Waals surface area contributed by atoms with E-state index >= 15 is 0 Å². The van der Waals surface area contributed by atoms with Gasteiger partial charge in [0, 0.05) is 32.1 Å². The first-order chi connectivity index (χ1) is 24.6. The first-order valence-electron chi connectivity index (χ1n) is 20.7. The van der Waals surface area contributed by atoms with Crippen molar-refractivity contribution in [3.05, 3.63) is 24.3 Å². The number of carbonyl (C=O) groups is 1. The van der Waals surface area contributed by atoms with Gasteiger partial charge in [-0.2, -0.15) is 0 Å². The van der Waals surface area contributed by atoms with E-state index in [9.17, 15) is 4.79 Å². The normalized spacial score (nSPS) is 53.2. The van der Waals surface area contributed by atoms with Crippen LogP contribution in [-0.2, 0) is 42.7 Å². The smallest absolute Gasteiger partial charge is 0.172 e. The van der Waals surface area contributed by atoms with Crippen LogP contribution in [0.1, 0.15) is 118 Å². The summed E-state index contributed by atoms with van der Waals surface area (Å²) in [6.07, 6.45) is 10.3. The van der Waals surface area contributed by atoms with Crippen molar-refractivity contribution >= 4 is 5.78 Å². The number of ketones is 1. The van der Waals surface area contributed by atoms with E-state index in [0.717, 1.165) is 76.2 Å². The lowest BCUT2D eigenvalue weighted by atomic mass is 9.78. The molecule has 10 rings (SSSR count). The average Bonchev–Trinajstić information content (AvgIpc) is 3.77. The van der Waals surface area contributed by atoms with E-state index in [2.05, 4.69) is 40.9 Å². The van der Waals surface area contributed by atoms with E-state index < -0.39 is 5.79 Å². The number of fused-ring (bicyclic) bond motifs is 6. The number of Topliss-reactive ketones (excluding diaryl/α,β-unsaturated/α-hetero) is 1. The summed E-state index contributed by atoms with van der Waals surface area (Å²) in [4.78, 5) is 14.1. The largest absolute Gasteiger partial charge is 0.374 e. The molecule has 10 heterocycles. The molecular weight excluding hydrogens is 648 g/mol. The first-order valence-corrected chi connectivity index (χ1v) is 20.7. The van der Waals surface area contributed by atoms with Gasteiger partial charge in [-0.15, -0.1) is 0 Å². The maximum Gasteiger partial charge on any atom is 0.172 e. The molecule has 0 radical (unpaired) electrons. The summed E-state index contributed by atoms with van der Waals surface area (Å²) in [5, 5.41) is 0. The third-order valence-corrected chi connectivity index (χ3v) is 14.7. The van der Waals surface area contributed by atoms with Gasteiger partial charge in [-0.25, -0.2) is 0 Å². The zero-order valence-corrected chi connectivity index (χ0v) is 31.4. The highest BCUT2D eigenvalue weighted by molar-refractivity contribution is 5.79. The van der Waals surface area contributed by atoms with Crippen molar-refractivity contribution in [1.82, 2.24) is 0 Å². The molecule has 9 nitrogen and oxygen atoms in total. The number of carbonyl (C=O) groups excluding carboxylic acids is 1. The van der Waals surface area contributed by atoms with E-state index in [0.29, 0.717) is 31.1 Å². The Bertz CT molecular complexity index is 1350. The molecule has 19 atom stereocenters. The average molecular weight is 711 g/mol. The van der Waals surface area contributed by atoms with Crippen LogP contribution in [0.2, 0.25) is 0 Å². The Hall–Kier alpha value is -1.17. The minimum absolute atomic E-state index is 0.0327. The molecule has 0 N–H and O–H groups in total. The molecule has 0 amide bonds. The third kappa shape index (κ3) is 6.55. The summed E-state index contributed by atoms with van der Waals surface area (Å²) >= 11 is 0. The number of rotatable bonds is 3. The van der Waals surface area contributed by atoms with Crippen molar-refractivity contribution < 1.29 is 42.7 Å². The van der Waals surface area contributed by atoms with Gasteiger partial charge in [0.05, 0.1) is 54.9 Å². The molecule has 0 aliphatic carbocycles. The van der Waals surface area contributed by atoms with Gasteiger partial charge in [0.2, 0.25) is 0 Å². The fraction of sp³-hybridized carbons (Fsp3) is 0.881.